The molecule has 1 aromatic heterocycles. The largest absolute Gasteiger partial charge is 0.394 e. The van der Waals surface area contributed by atoms with Gasteiger partial charge in [-0.15, -0.1) is 0 Å². The summed E-state index contributed by atoms with van der Waals surface area (Å²) < 4.78 is 52.2. The molecule has 0 saturated heterocycles. The summed E-state index contributed by atoms with van der Waals surface area (Å²) in [5.74, 6) is -1.90. The van der Waals surface area contributed by atoms with Crippen molar-refractivity contribution in [3.63, 3.8) is 0 Å². The summed E-state index contributed by atoms with van der Waals surface area (Å²) in [5, 5.41) is 0. The fourth-order valence-electron chi connectivity index (χ4n) is 1.60. The fourth-order valence-corrected chi connectivity index (χ4v) is 2.80. The Morgan fingerprint density at radius 2 is 2.10 bits per heavy atom. The first kappa shape index (κ1) is 14.4. The lowest BCUT2D eigenvalue weighted by Gasteiger charge is -2.17. The third kappa shape index (κ3) is 2.49. The van der Waals surface area contributed by atoms with Gasteiger partial charge in [0.15, 0.2) is 5.82 Å². The minimum Gasteiger partial charge on any atom is -0.394 e. The number of hydrogen-bond acceptors (Lipinski definition) is 4. The number of sulfonamides is 1. The van der Waals surface area contributed by atoms with Crippen LogP contribution in [0.4, 0.5) is 14.5 Å². The zero-order valence-corrected chi connectivity index (χ0v) is 11.3. The van der Waals surface area contributed by atoms with Crippen LogP contribution in [0.3, 0.4) is 0 Å². The van der Waals surface area contributed by atoms with Crippen LogP contribution in [0.15, 0.2) is 29.4 Å². The van der Waals surface area contributed by atoms with Crippen molar-refractivity contribution in [2.24, 2.45) is 0 Å². The number of halogens is 2. The van der Waals surface area contributed by atoms with E-state index in [2.05, 4.69) is 9.97 Å². The summed E-state index contributed by atoms with van der Waals surface area (Å²) in [4.78, 5) is 5.93. The molecule has 0 atom stereocenters. The van der Waals surface area contributed by atoms with Gasteiger partial charge in [0.25, 0.3) is 0 Å². The number of H-pyrrole nitrogens is 1. The van der Waals surface area contributed by atoms with Gasteiger partial charge in [-0.05, 0) is 12.1 Å². The van der Waals surface area contributed by atoms with Crippen LogP contribution in [0, 0.1) is 11.6 Å². The molecule has 0 aliphatic heterocycles. The Morgan fingerprint density at radius 1 is 1.40 bits per heavy atom. The average Bonchev–Trinajstić information content (AvgIpc) is 2.88. The van der Waals surface area contributed by atoms with Crippen LogP contribution in [0.5, 0.6) is 0 Å². The smallest absolute Gasteiger partial charge is 0.246 e. The Bertz CT molecular complexity index is 716. The van der Waals surface area contributed by atoms with Crippen molar-refractivity contribution in [3.05, 3.63) is 42.0 Å². The van der Waals surface area contributed by atoms with Crippen LogP contribution in [0.2, 0.25) is 0 Å². The van der Waals surface area contributed by atoms with Crippen LogP contribution in [0.1, 0.15) is 5.82 Å². The van der Waals surface area contributed by atoms with Gasteiger partial charge in [-0.25, -0.2) is 22.2 Å². The van der Waals surface area contributed by atoms with E-state index in [9.17, 15) is 17.2 Å². The molecule has 0 saturated carbocycles. The minimum atomic E-state index is -4.13. The number of nitrogens with one attached hydrogen (secondary N) is 1. The van der Waals surface area contributed by atoms with Crippen molar-refractivity contribution < 1.29 is 17.2 Å². The summed E-state index contributed by atoms with van der Waals surface area (Å²) in [6.07, 6.45) is 3.00. The fraction of sp³-hybridized carbons (Fsp3) is 0.182. The average molecular weight is 302 g/mol. The van der Waals surface area contributed by atoms with Crippen molar-refractivity contribution in [1.82, 2.24) is 14.3 Å². The van der Waals surface area contributed by atoms with Crippen LogP contribution in [-0.4, -0.2) is 29.7 Å². The first-order valence-corrected chi connectivity index (χ1v) is 6.96. The molecule has 108 valence electrons. The van der Waals surface area contributed by atoms with E-state index in [1.807, 2.05) is 0 Å². The monoisotopic (exact) mass is 302 g/mol. The summed E-state index contributed by atoms with van der Waals surface area (Å²) in [7, 11) is -2.87. The van der Waals surface area contributed by atoms with Crippen LogP contribution in [0.25, 0.3) is 0 Å². The van der Waals surface area contributed by atoms with Crippen LogP contribution in [-0.2, 0) is 16.6 Å². The standard InChI is InChI=1S/C11H12F2N4O2S/c1-17(6-9-15-4-5-16-9)20(18,19)8-3-2-7(12)11(14)10(8)13/h2-5H,6,14H2,1H3,(H,15,16). The van der Waals surface area contributed by atoms with E-state index in [1.54, 1.807) is 0 Å². The van der Waals surface area contributed by atoms with E-state index in [0.29, 0.717) is 5.82 Å². The third-order valence-electron chi connectivity index (χ3n) is 2.71. The number of nitrogen functional groups attached to an aromatic ring is 1. The predicted molar refractivity (Wildman–Crippen MR) is 68.0 cm³/mol. The van der Waals surface area contributed by atoms with Crippen LogP contribution >= 0.6 is 0 Å². The number of rotatable bonds is 4. The molecule has 9 heteroatoms. The summed E-state index contributed by atoms with van der Waals surface area (Å²) in [5.41, 5.74) is 4.34. The summed E-state index contributed by atoms with van der Waals surface area (Å²) in [6, 6.07) is 1.65. The SMILES string of the molecule is CN(Cc1ncc[nH]1)S(=O)(=O)c1ccc(F)c(N)c1F. The van der Waals surface area contributed by atoms with E-state index in [-0.39, 0.29) is 6.54 Å². The van der Waals surface area contributed by atoms with E-state index < -0.39 is 32.2 Å². The van der Waals surface area contributed by atoms with E-state index in [4.69, 9.17) is 5.73 Å². The molecule has 0 amide bonds. The maximum Gasteiger partial charge on any atom is 0.246 e. The second-order valence-corrected chi connectivity index (χ2v) is 6.08. The molecule has 0 unspecified atom stereocenters. The lowest BCUT2D eigenvalue weighted by atomic mass is 10.3. The Morgan fingerprint density at radius 3 is 2.70 bits per heavy atom. The number of aromatic amines is 1. The van der Waals surface area contributed by atoms with Gasteiger partial charge in [-0.2, -0.15) is 4.31 Å². The topological polar surface area (TPSA) is 92.1 Å². The van der Waals surface area contributed by atoms with E-state index in [1.165, 1.54) is 19.4 Å². The number of nitrogens with two attached hydrogens (primary N) is 1. The number of aromatic nitrogens is 2. The summed E-state index contributed by atoms with van der Waals surface area (Å²) >= 11 is 0. The molecular weight excluding hydrogens is 290 g/mol. The molecule has 0 radical (unpaired) electrons. The zero-order valence-electron chi connectivity index (χ0n) is 10.5. The lowest BCUT2D eigenvalue weighted by Crippen LogP contribution is -2.28. The van der Waals surface area contributed by atoms with Gasteiger partial charge in [0.2, 0.25) is 10.0 Å². The number of imidazole rings is 1. The predicted octanol–water partition coefficient (Wildman–Crippen LogP) is 1.09. The molecule has 0 fully saturated rings. The Labute approximate surface area is 114 Å². The first-order chi connectivity index (χ1) is 9.34. The molecular formula is C11H12F2N4O2S. The van der Waals surface area contributed by atoms with Crippen molar-refractivity contribution in [2.45, 2.75) is 11.4 Å². The minimum absolute atomic E-state index is 0.0773. The Balaban J connectivity index is 2.37. The number of hydrogen-bond donors (Lipinski definition) is 2. The van der Waals surface area contributed by atoms with Gasteiger partial charge >= 0.3 is 0 Å². The van der Waals surface area contributed by atoms with E-state index in [0.717, 1.165) is 16.4 Å². The molecule has 0 aliphatic carbocycles. The van der Waals surface area contributed by atoms with E-state index >= 15 is 0 Å². The van der Waals surface area contributed by atoms with Crippen molar-refractivity contribution in [1.29, 1.82) is 0 Å². The highest BCUT2D eigenvalue weighted by Gasteiger charge is 2.27. The van der Waals surface area contributed by atoms with Crippen molar-refractivity contribution >= 4 is 15.7 Å². The Hall–Kier alpha value is -2.00. The number of nitrogens with zero attached hydrogens (tertiary/aromatic N) is 2. The van der Waals surface area contributed by atoms with Gasteiger partial charge in [0.05, 0.1) is 6.54 Å². The second-order valence-electron chi connectivity index (χ2n) is 4.07. The summed E-state index contributed by atoms with van der Waals surface area (Å²) in [6.45, 7) is -0.0773. The maximum absolute atomic E-state index is 13.8. The van der Waals surface area contributed by atoms with Gasteiger partial charge in [0.1, 0.15) is 22.2 Å². The normalized spacial score (nSPS) is 12.0. The highest BCUT2D eigenvalue weighted by molar-refractivity contribution is 7.89. The first-order valence-electron chi connectivity index (χ1n) is 5.52. The molecule has 1 aromatic carbocycles. The van der Waals surface area contributed by atoms with Crippen LogP contribution < -0.4 is 5.73 Å². The molecule has 2 aromatic rings. The molecule has 0 aliphatic rings. The molecule has 0 bridgehead atoms. The van der Waals surface area contributed by atoms with Gasteiger partial charge in [-0.1, -0.05) is 0 Å². The molecule has 1 heterocycles. The van der Waals surface area contributed by atoms with Gasteiger partial charge < -0.3 is 10.7 Å². The van der Waals surface area contributed by atoms with Gasteiger partial charge in [0, 0.05) is 19.4 Å². The Kier molecular flexibility index (Phi) is 3.73. The highest BCUT2D eigenvalue weighted by atomic mass is 32.2. The maximum atomic E-state index is 13.8. The second kappa shape index (κ2) is 5.17. The molecule has 0 spiro atoms. The number of benzene rings is 1. The lowest BCUT2D eigenvalue weighted by molar-refractivity contribution is 0.451. The van der Waals surface area contributed by atoms with Gasteiger partial charge in [-0.3, -0.25) is 0 Å². The molecule has 3 N–H and O–H groups in total. The molecule has 2 rings (SSSR count). The number of anilines is 1. The van der Waals surface area contributed by atoms with Crippen molar-refractivity contribution in [2.75, 3.05) is 12.8 Å². The zero-order chi connectivity index (χ0) is 14.9. The highest BCUT2D eigenvalue weighted by Crippen LogP contribution is 2.25. The molecule has 6 nitrogen and oxygen atoms in total. The third-order valence-corrected chi connectivity index (χ3v) is 4.53. The quantitative estimate of drug-likeness (QED) is 0.827. The van der Waals surface area contributed by atoms with Crippen molar-refractivity contribution in [3.8, 4) is 0 Å². The molecule has 20 heavy (non-hydrogen) atoms.